The molecular formula is C22H26N2O5. The second-order valence-corrected chi connectivity index (χ2v) is 7.44. The van der Waals surface area contributed by atoms with E-state index in [9.17, 15) is 9.90 Å². The summed E-state index contributed by atoms with van der Waals surface area (Å²) in [6.45, 7) is 4.45. The van der Waals surface area contributed by atoms with Crippen molar-refractivity contribution in [3.8, 4) is 17.2 Å². The lowest BCUT2D eigenvalue weighted by molar-refractivity contribution is 0.0682. The molecule has 2 aromatic carbocycles. The van der Waals surface area contributed by atoms with Gasteiger partial charge in [0.2, 0.25) is 0 Å². The average molecular weight is 398 g/mol. The van der Waals surface area contributed by atoms with Crippen molar-refractivity contribution >= 4 is 11.7 Å². The lowest BCUT2D eigenvalue weighted by atomic mass is 10.2. The van der Waals surface area contributed by atoms with Gasteiger partial charge in [-0.3, -0.25) is 0 Å². The molecule has 2 aromatic rings. The van der Waals surface area contributed by atoms with Gasteiger partial charge in [0.15, 0.2) is 0 Å². The fraction of sp³-hybridized carbons (Fsp3) is 0.409. The number of rotatable bonds is 4. The molecule has 154 valence electrons. The van der Waals surface area contributed by atoms with Crippen LogP contribution < -0.4 is 14.8 Å². The van der Waals surface area contributed by atoms with Crippen molar-refractivity contribution < 1.29 is 24.1 Å². The van der Waals surface area contributed by atoms with Crippen LogP contribution in [0, 0.1) is 6.92 Å². The van der Waals surface area contributed by atoms with Crippen molar-refractivity contribution in [2.24, 2.45) is 0 Å². The number of anilines is 1. The van der Waals surface area contributed by atoms with Crippen LogP contribution in [0.5, 0.6) is 17.2 Å². The molecular weight excluding hydrogens is 372 g/mol. The van der Waals surface area contributed by atoms with Crippen molar-refractivity contribution in [2.75, 3.05) is 31.7 Å². The Kier molecular flexibility index (Phi) is 5.76. The number of carbonyl (C=O) groups excluding carboxylic acids is 1. The molecule has 0 aromatic heterocycles. The number of ether oxygens (including phenoxy) is 3. The smallest absolute Gasteiger partial charge is 0.322 e. The molecule has 0 bridgehead atoms. The summed E-state index contributed by atoms with van der Waals surface area (Å²) in [5, 5.41) is 12.6. The Hall–Kier alpha value is -2.93. The molecule has 1 saturated heterocycles. The third kappa shape index (κ3) is 4.74. The third-order valence-electron chi connectivity index (χ3n) is 5.15. The SMILES string of the molecule is Cc1ccc(NC(=O)N2CCOc3cc(O)ccc3C2)c(OCC2CCCO2)c1. The molecule has 2 aliphatic heterocycles. The number of aromatic hydroxyl groups is 1. The molecule has 2 heterocycles. The Balaban J connectivity index is 1.45. The molecule has 2 aliphatic rings. The first kappa shape index (κ1) is 19.4. The van der Waals surface area contributed by atoms with Crippen LogP contribution in [0.3, 0.4) is 0 Å². The highest BCUT2D eigenvalue weighted by Crippen LogP contribution is 2.29. The van der Waals surface area contributed by atoms with Gasteiger partial charge in [0.25, 0.3) is 0 Å². The van der Waals surface area contributed by atoms with Gasteiger partial charge in [-0.25, -0.2) is 4.79 Å². The van der Waals surface area contributed by atoms with Crippen LogP contribution in [0.2, 0.25) is 0 Å². The number of hydrogen-bond donors (Lipinski definition) is 2. The zero-order valence-corrected chi connectivity index (χ0v) is 16.5. The minimum atomic E-state index is -0.222. The van der Waals surface area contributed by atoms with Crippen LogP contribution in [0.25, 0.3) is 0 Å². The lowest BCUT2D eigenvalue weighted by Gasteiger charge is -2.22. The van der Waals surface area contributed by atoms with E-state index in [4.69, 9.17) is 14.2 Å². The highest BCUT2D eigenvalue weighted by Gasteiger charge is 2.22. The van der Waals surface area contributed by atoms with Gasteiger partial charge >= 0.3 is 6.03 Å². The summed E-state index contributed by atoms with van der Waals surface area (Å²) in [7, 11) is 0. The van der Waals surface area contributed by atoms with E-state index in [1.54, 1.807) is 23.1 Å². The van der Waals surface area contributed by atoms with Crippen molar-refractivity contribution in [1.29, 1.82) is 0 Å². The highest BCUT2D eigenvalue weighted by atomic mass is 16.5. The molecule has 1 fully saturated rings. The predicted molar refractivity (Wildman–Crippen MR) is 109 cm³/mol. The van der Waals surface area contributed by atoms with E-state index in [2.05, 4.69) is 5.32 Å². The van der Waals surface area contributed by atoms with E-state index in [-0.39, 0.29) is 17.9 Å². The molecule has 1 unspecified atom stereocenters. The maximum absolute atomic E-state index is 12.9. The molecule has 0 radical (unpaired) electrons. The monoisotopic (exact) mass is 398 g/mol. The fourth-order valence-corrected chi connectivity index (χ4v) is 3.54. The second-order valence-electron chi connectivity index (χ2n) is 7.44. The summed E-state index contributed by atoms with van der Waals surface area (Å²) in [6, 6.07) is 10.5. The molecule has 2 N–H and O–H groups in total. The van der Waals surface area contributed by atoms with E-state index in [1.165, 1.54) is 0 Å². The number of nitrogens with zero attached hydrogens (tertiary/aromatic N) is 1. The van der Waals surface area contributed by atoms with Gasteiger partial charge < -0.3 is 29.5 Å². The van der Waals surface area contributed by atoms with E-state index in [0.29, 0.717) is 43.5 Å². The zero-order valence-electron chi connectivity index (χ0n) is 16.5. The van der Waals surface area contributed by atoms with Crippen LogP contribution >= 0.6 is 0 Å². The molecule has 0 spiro atoms. The summed E-state index contributed by atoms with van der Waals surface area (Å²) >= 11 is 0. The first-order valence-corrected chi connectivity index (χ1v) is 9.94. The third-order valence-corrected chi connectivity index (χ3v) is 5.15. The van der Waals surface area contributed by atoms with Gasteiger partial charge in [0.05, 0.1) is 24.9 Å². The summed E-state index contributed by atoms with van der Waals surface area (Å²) in [5.74, 6) is 1.40. The van der Waals surface area contributed by atoms with Crippen LogP contribution in [0.15, 0.2) is 36.4 Å². The quantitative estimate of drug-likeness (QED) is 0.821. The Morgan fingerprint density at radius 2 is 2.17 bits per heavy atom. The van der Waals surface area contributed by atoms with Crippen molar-refractivity contribution in [2.45, 2.75) is 32.4 Å². The van der Waals surface area contributed by atoms with Gasteiger partial charge in [-0.15, -0.1) is 0 Å². The van der Waals surface area contributed by atoms with Gasteiger partial charge in [-0.05, 0) is 49.6 Å². The second kappa shape index (κ2) is 8.61. The van der Waals surface area contributed by atoms with Crippen LogP contribution in [0.1, 0.15) is 24.0 Å². The summed E-state index contributed by atoms with van der Waals surface area (Å²) in [5.41, 5.74) is 2.55. The maximum Gasteiger partial charge on any atom is 0.322 e. The van der Waals surface area contributed by atoms with Crippen molar-refractivity contribution in [3.63, 3.8) is 0 Å². The number of hydrogen-bond acceptors (Lipinski definition) is 5. The number of aryl methyl sites for hydroxylation is 1. The average Bonchev–Trinajstić information content (AvgIpc) is 3.13. The number of carbonyl (C=O) groups is 1. The van der Waals surface area contributed by atoms with Crippen LogP contribution in [0.4, 0.5) is 10.5 Å². The normalized spacial score (nSPS) is 18.5. The summed E-state index contributed by atoms with van der Waals surface area (Å²) in [4.78, 5) is 14.6. The fourth-order valence-electron chi connectivity index (χ4n) is 3.54. The first-order valence-electron chi connectivity index (χ1n) is 9.94. The van der Waals surface area contributed by atoms with Crippen molar-refractivity contribution in [1.82, 2.24) is 4.90 Å². The number of benzene rings is 2. The minimum absolute atomic E-state index is 0.106. The number of nitrogens with one attached hydrogen (secondary N) is 1. The summed E-state index contributed by atoms with van der Waals surface area (Å²) < 4.78 is 17.3. The number of phenolic OH excluding ortho intramolecular Hbond substituents is 1. The van der Waals surface area contributed by atoms with Crippen molar-refractivity contribution in [3.05, 3.63) is 47.5 Å². The number of fused-ring (bicyclic) bond motifs is 1. The van der Waals surface area contributed by atoms with Gasteiger partial charge in [0.1, 0.15) is 30.5 Å². The lowest BCUT2D eigenvalue weighted by Crippen LogP contribution is -2.36. The predicted octanol–water partition coefficient (Wildman–Crippen LogP) is 3.68. The van der Waals surface area contributed by atoms with E-state index < -0.39 is 0 Å². The number of urea groups is 1. The molecule has 29 heavy (non-hydrogen) atoms. The molecule has 2 amide bonds. The molecule has 7 nitrogen and oxygen atoms in total. The highest BCUT2D eigenvalue weighted by molar-refractivity contribution is 5.91. The first-order chi connectivity index (χ1) is 14.1. The number of phenols is 1. The van der Waals surface area contributed by atoms with Gasteiger partial charge in [-0.2, -0.15) is 0 Å². The standard InChI is InChI=1S/C22H26N2O5/c1-15-4-7-19(21(11-15)29-14-18-3-2-9-27-18)23-22(26)24-8-10-28-20-12-17(25)6-5-16(20)13-24/h4-7,11-12,18,25H,2-3,8-10,13-14H2,1H3,(H,23,26). The topological polar surface area (TPSA) is 80.3 Å². The van der Waals surface area contributed by atoms with Crippen LogP contribution in [-0.4, -0.2) is 48.5 Å². The van der Waals surface area contributed by atoms with E-state index in [1.807, 2.05) is 25.1 Å². The molecule has 0 saturated carbocycles. The Morgan fingerprint density at radius 1 is 1.28 bits per heavy atom. The van der Waals surface area contributed by atoms with Gasteiger partial charge in [-0.1, -0.05) is 6.07 Å². The maximum atomic E-state index is 12.9. The summed E-state index contributed by atoms with van der Waals surface area (Å²) in [6.07, 6.45) is 2.16. The molecule has 7 heteroatoms. The molecule has 1 atom stereocenters. The van der Waals surface area contributed by atoms with Crippen LogP contribution in [-0.2, 0) is 11.3 Å². The van der Waals surface area contributed by atoms with E-state index >= 15 is 0 Å². The Morgan fingerprint density at radius 3 is 3.00 bits per heavy atom. The molecule has 4 rings (SSSR count). The Labute approximate surface area is 170 Å². The minimum Gasteiger partial charge on any atom is -0.508 e. The largest absolute Gasteiger partial charge is 0.508 e. The van der Waals surface area contributed by atoms with Gasteiger partial charge in [0, 0.05) is 18.2 Å². The molecule has 0 aliphatic carbocycles. The number of amides is 2. The Bertz CT molecular complexity index is 880. The zero-order chi connectivity index (χ0) is 20.2. The van der Waals surface area contributed by atoms with E-state index in [0.717, 1.165) is 30.6 Å².